The molecule has 0 atom stereocenters. The van der Waals surface area contributed by atoms with Crippen LogP contribution < -0.4 is 4.90 Å². The largest absolute Gasteiger partial charge is 0.378 e. The van der Waals surface area contributed by atoms with E-state index in [9.17, 15) is 4.79 Å². The van der Waals surface area contributed by atoms with Gasteiger partial charge in [0.05, 0.1) is 0 Å². The van der Waals surface area contributed by atoms with Gasteiger partial charge in [0, 0.05) is 42.2 Å². The number of nitrogens with zero attached hydrogens (tertiary/aromatic N) is 1. The van der Waals surface area contributed by atoms with Crippen molar-refractivity contribution in [2.45, 2.75) is 6.42 Å². The third-order valence-electron chi connectivity index (χ3n) is 2.96. The quantitative estimate of drug-likeness (QED) is 0.359. The number of thiocarbonyl (C=S) groups is 1. The topological polar surface area (TPSA) is 20.3 Å². The van der Waals surface area contributed by atoms with Crippen LogP contribution >= 0.6 is 12.2 Å². The summed E-state index contributed by atoms with van der Waals surface area (Å²) in [4.78, 5) is 14.8. The van der Waals surface area contributed by atoms with Gasteiger partial charge in [-0.25, -0.2) is 0 Å². The molecule has 1 aliphatic carbocycles. The highest BCUT2D eigenvalue weighted by atomic mass is 32.1. The number of carbonyl (C=O) groups is 1. The zero-order valence-electron chi connectivity index (χ0n) is 11.5. The fourth-order valence-corrected chi connectivity index (χ4v) is 1.98. The van der Waals surface area contributed by atoms with Crippen LogP contribution in [0.1, 0.15) is 16.8 Å². The lowest BCUT2D eigenvalue weighted by atomic mass is 10.0. The Kier molecular flexibility index (Phi) is 4.49. The molecule has 0 N–H and O–H groups in total. The van der Waals surface area contributed by atoms with Crippen molar-refractivity contribution in [2.24, 2.45) is 0 Å². The van der Waals surface area contributed by atoms with E-state index in [0.717, 1.165) is 22.5 Å². The maximum Gasteiger partial charge on any atom is 0.236 e. The second kappa shape index (κ2) is 6.31. The van der Waals surface area contributed by atoms with Gasteiger partial charge in [0.1, 0.15) is 0 Å². The number of Topliss-reactive ketones (excluding diaryl/α,β-unsaturated/α-hetero) is 1. The van der Waals surface area contributed by atoms with E-state index < -0.39 is 0 Å². The second-order valence-electron chi connectivity index (χ2n) is 4.66. The zero-order chi connectivity index (χ0) is 14.5. The van der Waals surface area contributed by atoms with Gasteiger partial charge in [0.15, 0.2) is 0 Å². The minimum atomic E-state index is -0.187. The Balaban J connectivity index is 2.15. The van der Waals surface area contributed by atoms with Gasteiger partial charge >= 0.3 is 0 Å². The molecule has 3 heteroatoms. The number of carbonyl (C=O) groups excluding carboxylic acids is 1. The first kappa shape index (κ1) is 14.2. The molecule has 0 radical (unpaired) electrons. The van der Waals surface area contributed by atoms with Gasteiger partial charge in [-0.1, -0.05) is 30.3 Å². The summed E-state index contributed by atoms with van der Waals surface area (Å²) in [5.41, 5.74) is 2.41. The van der Waals surface area contributed by atoms with Gasteiger partial charge in [-0.05, 0) is 36.3 Å². The van der Waals surface area contributed by atoms with E-state index in [-0.39, 0.29) is 5.78 Å². The Bertz CT molecular complexity index is 654. The lowest BCUT2D eigenvalue weighted by molar-refractivity contribution is 0.105. The van der Waals surface area contributed by atoms with E-state index >= 15 is 0 Å². The van der Waals surface area contributed by atoms with Crippen molar-refractivity contribution >= 4 is 28.6 Å². The summed E-state index contributed by atoms with van der Waals surface area (Å²) in [5, 5.41) is 0. The number of anilines is 1. The van der Waals surface area contributed by atoms with Gasteiger partial charge in [-0.3, -0.25) is 4.79 Å². The molecule has 0 spiro atoms. The monoisotopic (exact) mass is 281 g/mol. The summed E-state index contributed by atoms with van der Waals surface area (Å²) >= 11 is 5.20. The average molecular weight is 281 g/mol. The Morgan fingerprint density at radius 2 is 1.95 bits per heavy atom. The van der Waals surface area contributed by atoms with Crippen LogP contribution in [0.15, 0.2) is 48.1 Å². The number of allylic oxidation sites excluding steroid dienone is 4. The highest BCUT2D eigenvalue weighted by molar-refractivity contribution is 7.80. The Morgan fingerprint density at radius 1 is 1.25 bits per heavy atom. The van der Waals surface area contributed by atoms with Crippen molar-refractivity contribution in [3.63, 3.8) is 0 Å². The molecule has 1 aliphatic rings. The summed E-state index contributed by atoms with van der Waals surface area (Å²) in [6.07, 6.45) is 6.47. The highest BCUT2D eigenvalue weighted by Crippen LogP contribution is 2.13. The van der Waals surface area contributed by atoms with Crippen LogP contribution in [0.4, 0.5) is 5.69 Å². The van der Waals surface area contributed by atoms with Crippen molar-refractivity contribution in [1.82, 2.24) is 0 Å². The lowest BCUT2D eigenvalue weighted by Gasteiger charge is -2.11. The second-order valence-corrected chi connectivity index (χ2v) is 5.15. The molecule has 2 rings (SSSR count). The van der Waals surface area contributed by atoms with Crippen molar-refractivity contribution in [2.75, 3.05) is 19.0 Å². The van der Waals surface area contributed by atoms with Crippen LogP contribution in [0.5, 0.6) is 0 Å². The minimum absolute atomic E-state index is 0.187. The van der Waals surface area contributed by atoms with Gasteiger partial charge in [0.2, 0.25) is 5.78 Å². The first-order valence-electron chi connectivity index (χ1n) is 6.31. The number of hydrogen-bond donors (Lipinski definition) is 0. The lowest BCUT2D eigenvalue weighted by Crippen LogP contribution is -2.08. The molecule has 0 unspecified atom stereocenters. The third kappa shape index (κ3) is 3.43. The number of benzene rings is 1. The van der Waals surface area contributed by atoms with Crippen LogP contribution in [0, 0.1) is 11.8 Å². The number of ketones is 1. The van der Waals surface area contributed by atoms with Crippen molar-refractivity contribution in [3.8, 4) is 11.8 Å². The SMILES string of the molecule is CN(C)c1ccc(C(=O)C#CC2=CC=CCC2=S)cc1. The fraction of sp³-hybridized carbons (Fsp3) is 0.176. The molecule has 0 amide bonds. The zero-order valence-corrected chi connectivity index (χ0v) is 12.3. The van der Waals surface area contributed by atoms with Crippen LogP contribution in [-0.2, 0) is 0 Å². The van der Waals surface area contributed by atoms with Crippen LogP contribution in [0.3, 0.4) is 0 Å². The van der Waals surface area contributed by atoms with Crippen molar-refractivity contribution < 1.29 is 4.79 Å². The van der Waals surface area contributed by atoms with Gasteiger partial charge in [-0.15, -0.1) is 0 Å². The van der Waals surface area contributed by atoms with Crippen molar-refractivity contribution in [1.29, 1.82) is 0 Å². The van der Waals surface area contributed by atoms with Crippen molar-refractivity contribution in [3.05, 3.63) is 53.6 Å². The molecule has 2 nitrogen and oxygen atoms in total. The molecule has 0 bridgehead atoms. The number of rotatable bonds is 2. The minimum Gasteiger partial charge on any atom is -0.378 e. The first-order valence-corrected chi connectivity index (χ1v) is 6.72. The van der Waals surface area contributed by atoms with E-state index in [4.69, 9.17) is 12.2 Å². The van der Waals surface area contributed by atoms with E-state index in [1.165, 1.54) is 0 Å². The molecule has 0 saturated heterocycles. The van der Waals surface area contributed by atoms with Crippen LogP contribution in [0.25, 0.3) is 0 Å². The molecule has 1 aromatic carbocycles. The molecule has 100 valence electrons. The Morgan fingerprint density at radius 3 is 2.55 bits per heavy atom. The number of hydrogen-bond acceptors (Lipinski definition) is 3. The normalized spacial score (nSPS) is 13.3. The summed E-state index contributed by atoms with van der Waals surface area (Å²) < 4.78 is 0. The molecular formula is C17H15NOS. The Labute approximate surface area is 124 Å². The first-order chi connectivity index (χ1) is 9.58. The van der Waals surface area contributed by atoms with Gasteiger partial charge in [0.25, 0.3) is 0 Å². The predicted molar refractivity (Wildman–Crippen MR) is 87.3 cm³/mol. The molecular weight excluding hydrogens is 266 g/mol. The molecule has 20 heavy (non-hydrogen) atoms. The molecule has 0 aliphatic heterocycles. The average Bonchev–Trinajstić information content (AvgIpc) is 2.46. The third-order valence-corrected chi connectivity index (χ3v) is 3.35. The van der Waals surface area contributed by atoms with Gasteiger partial charge in [-0.2, -0.15) is 0 Å². The molecule has 0 heterocycles. The van der Waals surface area contributed by atoms with Crippen LogP contribution in [0.2, 0.25) is 0 Å². The summed E-state index contributed by atoms with van der Waals surface area (Å²) in [6, 6.07) is 7.39. The van der Waals surface area contributed by atoms with Crippen LogP contribution in [-0.4, -0.2) is 24.7 Å². The van der Waals surface area contributed by atoms with E-state index in [1.54, 1.807) is 12.1 Å². The van der Waals surface area contributed by atoms with E-state index in [2.05, 4.69) is 11.8 Å². The molecule has 0 aromatic heterocycles. The maximum atomic E-state index is 12.0. The van der Waals surface area contributed by atoms with E-state index in [1.807, 2.05) is 49.4 Å². The predicted octanol–water partition coefficient (Wildman–Crippen LogP) is 3.19. The van der Waals surface area contributed by atoms with Gasteiger partial charge < -0.3 is 4.90 Å². The maximum absolute atomic E-state index is 12.0. The standard InChI is InChI=1S/C17H15NOS/c1-18(2)15-10-7-13(8-11-15)16(19)12-9-14-5-3-4-6-17(14)20/h3-5,7-8,10-11H,6H2,1-2H3. The van der Waals surface area contributed by atoms with E-state index in [0.29, 0.717) is 5.56 Å². The molecule has 0 saturated carbocycles. The highest BCUT2D eigenvalue weighted by Gasteiger charge is 2.05. The summed E-state index contributed by atoms with van der Waals surface area (Å²) in [7, 11) is 3.92. The Hall–Kier alpha value is -2.18. The fourth-order valence-electron chi connectivity index (χ4n) is 1.76. The smallest absolute Gasteiger partial charge is 0.236 e. The summed E-state index contributed by atoms with van der Waals surface area (Å²) in [5.74, 6) is 5.33. The molecule has 1 aromatic rings. The summed E-state index contributed by atoms with van der Waals surface area (Å²) in [6.45, 7) is 0. The molecule has 0 fully saturated rings.